The molecular formula is C7H14N2O3. The fraction of sp³-hybridized carbons (Fsp3) is 1.00. The minimum Gasteiger partial charge on any atom is -0.312 e. The van der Waals surface area contributed by atoms with Crippen molar-refractivity contribution in [3.05, 3.63) is 10.1 Å². The van der Waals surface area contributed by atoms with E-state index in [2.05, 4.69) is 9.74 Å². The van der Waals surface area contributed by atoms with Gasteiger partial charge in [0.15, 0.2) is 0 Å². The van der Waals surface area contributed by atoms with Gasteiger partial charge in [0.1, 0.15) is 6.61 Å². The third-order valence-corrected chi connectivity index (χ3v) is 2.29. The Kier molecular flexibility index (Phi) is 3.28. The summed E-state index contributed by atoms with van der Waals surface area (Å²) in [5, 5.41) is 9.19. The van der Waals surface area contributed by atoms with Crippen molar-refractivity contribution in [1.29, 1.82) is 0 Å². The van der Waals surface area contributed by atoms with Crippen LogP contribution in [0.2, 0.25) is 0 Å². The first-order chi connectivity index (χ1) is 5.70. The number of hydrogen-bond acceptors (Lipinski definition) is 4. The number of likely N-dealkylation sites (N-methyl/N-ethyl adjacent to an activating group) is 1. The summed E-state index contributed by atoms with van der Waals surface area (Å²) in [6.45, 7) is 1.23. The van der Waals surface area contributed by atoms with E-state index in [0.717, 1.165) is 19.4 Å². The van der Waals surface area contributed by atoms with E-state index in [-0.39, 0.29) is 12.6 Å². The Hall–Kier alpha value is -0.840. The van der Waals surface area contributed by atoms with Gasteiger partial charge >= 0.3 is 0 Å². The van der Waals surface area contributed by atoms with Gasteiger partial charge in [0, 0.05) is 6.04 Å². The van der Waals surface area contributed by atoms with E-state index < -0.39 is 5.09 Å². The van der Waals surface area contributed by atoms with Gasteiger partial charge in [-0.25, -0.2) is 0 Å². The molecule has 1 heterocycles. The number of rotatable bonds is 3. The maximum absolute atomic E-state index is 9.91. The molecule has 1 fully saturated rings. The molecule has 0 spiro atoms. The van der Waals surface area contributed by atoms with Crippen LogP contribution in [0.3, 0.4) is 0 Å². The molecule has 0 aromatic carbocycles. The molecule has 0 N–H and O–H groups in total. The van der Waals surface area contributed by atoms with Crippen LogP contribution in [-0.4, -0.2) is 36.2 Å². The number of nitrogens with zero attached hydrogens (tertiary/aromatic N) is 2. The predicted octanol–water partition coefficient (Wildman–Crippen LogP) is 0.679. The standard InChI is InChI=1S/C7H14N2O3/c1-8-5-3-2-4-7(8)6-12-9(10)11/h7H,2-6H2,1H3. The lowest BCUT2D eigenvalue weighted by Gasteiger charge is -2.31. The molecule has 12 heavy (non-hydrogen) atoms. The lowest BCUT2D eigenvalue weighted by Crippen LogP contribution is -2.39. The van der Waals surface area contributed by atoms with Crippen molar-refractivity contribution in [3.8, 4) is 0 Å². The van der Waals surface area contributed by atoms with Crippen LogP contribution in [0.25, 0.3) is 0 Å². The highest BCUT2D eigenvalue weighted by Crippen LogP contribution is 2.14. The van der Waals surface area contributed by atoms with Crippen LogP contribution in [0.15, 0.2) is 0 Å². The van der Waals surface area contributed by atoms with Crippen LogP contribution in [-0.2, 0) is 4.84 Å². The molecule has 1 atom stereocenters. The summed E-state index contributed by atoms with van der Waals surface area (Å²) in [5.41, 5.74) is 0. The summed E-state index contributed by atoms with van der Waals surface area (Å²) in [6, 6.07) is 0.226. The van der Waals surface area contributed by atoms with Gasteiger partial charge in [-0.2, -0.15) is 0 Å². The normalized spacial score (nSPS) is 25.2. The molecule has 0 aliphatic carbocycles. The van der Waals surface area contributed by atoms with Gasteiger partial charge in [-0.05, 0) is 26.4 Å². The lowest BCUT2D eigenvalue weighted by molar-refractivity contribution is -0.758. The van der Waals surface area contributed by atoms with Gasteiger partial charge in [-0.1, -0.05) is 6.42 Å². The van der Waals surface area contributed by atoms with E-state index in [4.69, 9.17) is 0 Å². The molecule has 0 bridgehead atoms. The maximum atomic E-state index is 9.91. The van der Waals surface area contributed by atoms with E-state index in [1.807, 2.05) is 7.05 Å². The van der Waals surface area contributed by atoms with E-state index in [1.165, 1.54) is 6.42 Å². The minimum absolute atomic E-state index is 0.212. The first-order valence-corrected chi connectivity index (χ1v) is 4.17. The molecule has 1 aliphatic rings. The van der Waals surface area contributed by atoms with Crippen LogP contribution in [0, 0.1) is 10.1 Å². The van der Waals surface area contributed by atoms with E-state index >= 15 is 0 Å². The molecule has 0 aromatic heterocycles. The minimum atomic E-state index is -0.720. The van der Waals surface area contributed by atoms with Gasteiger partial charge in [-0.15, -0.1) is 10.1 Å². The Morgan fingerprint density at radius 3 is 3.00 bits per heavy atom. The SMILES string of the molecule is CN1CCCCC1CO[N+](=O)[O-]. The molecule has 0 radical (unpaired) electrons. The quantitative estimate of drug-likeness (QED) is 0.466. The summed E-state index contributed by atoms with van der Waals surface area (Å²) in [7, 11) is 1.98. The average molecular weight is 174 g/mol. The predicted molar refractivity (Wildman–Crippen MR) is 43.2 cm³/mol. The highest BCUT2D eigenvalue weighted by Gasteiger charge is 2.19. The largest absolute Gasteiger partial charge is 0.312 e. The van der Waals surface area contributed by atoms with Crippen molar-refractivity contribution >= 4 is 0 Å². The van der Waals surface area contributed by atoms with Gasteiger partial charge in [0.25, 0.3) is 5.09 Å². The Morgan fingerprint density at radius 1 is 1.67 bits per heavy atom. The third-order valence-electron chi connectivity index (χ3n) is 2.29. The average Bonchev–Trinajstić information content (AvgIpc) is 2.03. The van der Waals surface area contributed by atoms with E-state index in [1.54, 1.807) is 0 Å². The highest BCUT2D eigenvalue weighted by atomic mass is 16.9. The second-order valence-corrected chi connectivity index (χ2v) is 3.15. The van der Waals surface area contributed by atoms with Gasteiger partial charge in [-0.3, -0.25) is 0 Å². The van der Waals surface area contributed by atoms with Crippen LogP contribution in [0.1, 0.15) is 19.3 Å². The number of likely N-dealkylation sites (tertiary alicyclic amines) is 1. The van der Waals surface area contributed by atoms with Gasteiger partial charge < -0.3 is 9.74 Å². The molecule has 1 saturated heterocycles. The van der Waals surface area contributed by atoms with Crippen molar-refractivity contribution in [2.24, 2.45) is 0 Å². The fourth-order valence-electron chi connectivity index (χ4n) is 1.50. The van der Waals surface area contributed by atoms with Gasteiger partial charge in [0.05, 0.1) is 0 Å². The molecule has 0 saturated carbocycles. The van der Waals surface area contributed by atoms with E-state index in [9.17, 15) is 10.1 Å². The summed E-state index contributed by atoms with van der Waals surface area (Å²) in [4.78, 5) is 16.4. The first kappa shape index (κ1) is 9.25. The Labute approximate surface area is 71.4 Å². The molecule has 5 nitrogen and oxygen atoms in total. The Balaban J connectivity index is 2.24. The lowest BCUT2D eigenvalue weighted by atomic mass is 10.0. The second-order valence-electron chi connectivity index (χ2n) is 3.15. The summed E-state index contributed by atoms with van der Waals surface area (Å²) in [5.74, 6) is 0. The molecule has 0 amide bonds. The molecular weight excluding hydrogens is 160 g/mol. The fourth-order valence-corrected chi connectivity index (χ4v) is 1.50. The van der Waals surface area contributed by atoms with Crippen molar-refractivity contribution in [3.63, 3.8) is 0 Å². The third kappa shape index (κ3) is 2.65. The Morgan fingerprint density at radius 2 is 2.42 bits per heavy atom. The summed E-state index contributed by atoms with van der Waals surface area (Å²) < 4.78 is 0. The monoisotopic (exact) mass is 174 g/mol. The van der Waals surface area contributed by atoms with Gasteiger partial charge in [0.2, 0.25) is 0 Å². The van der Waals surface area contributed by atoms with Crippen LogP contribution in [0.4, 0.5) is 0 Å². The second kappa shape index (κ2) is 4.25. The van der Waals surface area contributed by atoms with Crippen LogP contribution in [0.5, 0.6) is 0 Å². The molecule has 1 unspecified atom stereocenters. The van der Waals surface area contributed by atoms with Crippen molar-refractivity contribution in [1.82, 2.24) is 4.90 Å². The topological polar surface area (TPSA) is 55.6 Å². The maximum Gasteiger partial charge on any atom is 0.294 e. The smallest absolute Gasteiger partial charge is 0.294 e. The molecule has 1 rings (SSSR count). The zero-order valence-electron chi connectivity index (χ0n) is 7.23. The first-order valence-electron chi connectivity index (χ1n) is 4.17. The molecule has 0 aromatic rings. The zero-order valence-corrected chi connectivity index (χ0v) is 7.23. The highest BCUT2D eigenvalue weighted by molar-refractivity contribution is 4.72. The van der Waals surface area contributed by atoms with Crippen molar-refractivity contribution < 1.29 is 9.92 Å². The number of piperidine rings is 1. The number of hydrogen-bond donors (Lipinski definition) is 0. The summed E-state index contributed by atoms with van der Waals surface area (Å²) >= 11 is 0. The molecule has 70 valence electrons. The van der Waals surface area contributed by atoms with Crippen molar-refractivity contribution in [2.45, 2.75) is 25.3 Å². The summed E-state index contributed by atoms with van der Waals surface area (Å²) in [6.07, 6.45) is 3.34. The molecule has 5 heteroatoms. The van der Waals surface area contributed by atoms with Crippen LogP contribution >= 0.6 is 0 Å². The molecule has 1 aliphatic heterocycles. The van der Waals surface area contributed by atoms with E-state index in [0.29, 0.717) is 0 Å². The Bertz CT molecular complexity index is 163. The van der Waals surface area contributed by atoms with Crippen molar-refractivity contribution in [2.75, 3.05) is 20.2 Å². The van der Waals surface area contributed by atoms with Crippen LogP contribution < -0.4 is 0 Å². The zero-order chi connectivity index (χ0) is 8.97.